The molecule has 0 bridgehead atoms. The van der Waals surface area contributed by atoms with Crippen LogP contribution in [0.1, 0.15) is 12.0 Å². The van der Waals surface area contributed by atoms with Gasteiger partial charge in [0, 0.05) is 24.2 Å². The number of nitrogens with two attached hydrogens (primary N) is 1. The van der Waals surface area contributed by atoms with Crippen molar-refractivity contribution < 1.29 is 4.79 Å². The summed E-state index contributed by atoms with van der Waals surface area (Å²) in [5.41, 5.74) is 7.86. The second kappa shape index (κ2) is 5.75. The van der Waals surface area contributed by atoms with Gasteiger partial charge in [-0.15, -0.1) is 0 Å². The Labute approximate surface area is 116 Å². The van der Waals surface area contributed by atoms with E-state index in [-0.39, 0.29) is 5.91 Å². The number of nitrogens with zero attached hydrogens (tertiary/aromatic N) is 2. The molecule has 1 heterocycles. The summed E-state index contributed by atoms with van der Waals surface area (Å²) in [7, 11) is 0. The minimum absolute atomic E-state index is 0.109. The van der Waals surface area contributed by atoms with Gasteiger partial charge in [-0.25, -0.2) is 0 Å². The number of halogens is 1. The molecule has 0 spiro atoms. The molecule has 0 aliphatic heterocycles. The minimum Gasteiger partial charge on any atom is -0.397 e. The number of carbonyl (C=O) groups excluding carboxylic acids is 1. The van der Waals surface area contributed by atoms with E-state index in [0.29, 0.717) is 29.4 Å². The quantitative estimate of drug-likeness (QED) is 0.844. The Kier molecular flexibility index (Phi) is 4.06. The Hall–Kier alpha value is -2.01. The number of benzene rings is 1. The van der Waals surface area contributed by atoms with E-state index in [1.54, 1.807) is 29.1 Å². The summed E-state index contributed by atoms with van der Waals surface area (Å²) >= 11 is 5.79. The molecule has 0 saturated carbocycles. The van der Waals surface area contributed by atoms with Crippen molar-refractivity contribution in [3.8, 4) is 0 Å². The van der Waals surface area contributed by atoms with Crippen LogP contribution in [0.4, 0.5) is 11.4 Å². The van der Waals surface area contributed by atoms with Crippen molar-refractivity contribution in [2.24, 2.45) is 0 Å². The number of nitrogens with one attached hydrogen (secondary N) is 1. The smallest absolute Gasteiger partial charge is 0.226 e. The van der Waals surface area contributed by atoms with Gasteiger partial charge in [-0.1, -0.05) is 11.6 Å². The van der Waals surface area contributed by atoms with Crippen molar-refractivity contribution in [3.05, 3.63) is 41.2 Å². The molecular weight excluding hydrogens is 264 g/mol. The van der Waals surface area contributed by atoms with Crippen LogP contribution >= 0.6 is 11.6 Å². The van der Waals surface area contributed by atoms with Gasteiger partial charge in [0.05, 0.1) is 17.6 Å². The normalized spacial score (nSPS) is 10.4. The maximum Gasteiger partial charge on any atom is 0.226 e. The fraction of sp³-hybridized carbons (Fsp3) is 0.231. The lowest BCUT2D eigenvalue weighted by atomic mass is 10.2. The number of carbonyl (C=O) groups is 1. The monoisotopic (exact) mass is 278 g/mol. The van der Waals surface area contributed by atoms with E-state index >= 15 is 0 Å². The molecule has 0 aliphatic rings. The van der Waals surface area contributed by atoms with Gasteiger partial charge >= 0.3 is 0 Å². The van der Waals surface area contributed by atoms with Crippen LogP contribution in [0.2, 0.25) is 5.02 Å². The first-order valence-electron chi connectivity index (χ1n) is 5.88. The third kappa shape index (κ3) is 3.72. The Balaban J connectivity index is 1.90. The van der Waals surface area contributed by atoms with Crippen molar-refractivity contribution in [3.63, 3.8) is 0 Å². The molecule has 0 fully saturated rings. The van der Waals surface area contributed by atoms with Gasteiger partial charge in [0.15, 0.2) is 0 Å². The van der Waals surface area contributed by atoms with Crippen molar-refractivity contribution in [1.82, 2.24) is 9.78 Å². The second-order valence-corrected chi connectivity index (χ2v) is 4.75. The number of hydrogen-bond donors (Lipinski definition) is 2. The Morgan fingerprint density at radius 2 is 2.32 bits per heavy atom. The van der Waals surface area contributed by atoms with Crippen LogP contribution in [-0.2, 0) is 11.3 Å². The summed E-state index contributed by atoms with van der Waals surface area (Å²) in [4.78, 5) is 11.8. The predicted octanol–water partition coefficient (Wildman–Crippen LogP) is 2.46. The second-order valence-electron chi connectivity index (χ2n) is 4.31. The number of aryl methyl sites for hydroxylation is 2. The van der Waals surface area contributed by atoms with Crippen LogP contribution in [0, 0.1) is 6.92 Å². The molecule has 19 heavy (non-hydrogen) atoms. The number of anilines is 2. The third-order valence-electron chi connectivity index (χ3n) is 2.62. The van der Waals surface area contributed by atoms with E-state index in [9.17, 15) is 4.79 Å². The van der Waals surface area contributed by atoms with Crippen molar-refractivity contribution >= 4 is 28.9 Å². The van der Waals surface area contributed by atoms with Crippen LogP contribution in [0.15, 0.2) is 30.6 Å². The van der Waals surface area contributed by atoms with Crippen molar-refractivity contribution in [2.75, 3.05) is 11.1 Å². The summed E-state index contributed by atoms with van der Waals surface area (Å²) in [6.07, 6.45) is 3.99. The molecule has 3 N–H and O–H groups in total. The highest BCUT2D eigenvalue weighted by Gasteiger charge is 2.06. The molecule has 1 amide bonds. The SMILES string of the molecule is Cc1cnn(CCC(=O)Nc2ccc(Cl)cc2N)c1. The molecular formula is C13H15ClN4O. The molecule has 5 nitrogen and oxygen atoms in total. The molecule has 0 unspecified atom stereocenters. The Bertz CT molecular complexity index is 594. The molecule has 2 rings (SSSR count). The van der Waals surface area contributed by atoms with Gasteiger partial charge < -0.3 is 11.1 Å². The highest BCUT2D eigenvalue weighted by atomic mass is 35.5. The lowest BCUT2D eigenvalue weighted by Crippen LogP contribution is -2.15. The molecule has 1 aromatic heterocycles. The topological polar surface area (TPSA) is 72.9 Å². The number of amides is 1. The standard InChI is InChI=1S/C13H15ClN4O/c1-9-7-16-18(8-9)5-4-13(19)17-12-3-2-10(14)6-11(12)15/h2-3,6-8H,4-5,15H2,1H3,(H,17,19). The first kappa shape index (κ1) is 13.4. The van der Waals surface area contributed by atoms with Crippen molar-refractivity contribution in [1.29, 1.82) is 0 Å². The number of hydrogen-bond acceptors (Lipinski definition) is 3. The van der Waals surface area contributed by atoms with Crippen LogP contribution in [-0.4, -0.2) is 15.7 Å². The number of aromatic nitrogens is 2. The van der Waals surface area contributed by atoms with Crippen LogP contribution < -0.4 is 11.1 Å². The zero-order chi connectivity index (χ0) is 13.8. The van der Waals surface area contributed by atoms with E-state index in [0.717, 1.165) is 5.56 Å². The Morgan fingerprint density at radius 3 is 2.95 bits per heavy atom. The average Bonchev–Trinajstić information content (AvgIpc) is 2.76. The Morgan fingerprint density at radius 1 is 1.53 bits per heavy atom. The van der Waals surface area contributed by atoms with Gasteiger partial charge in [0.25, 0.3) is 0 Å². The van der Waals surface area contributed by atoms with Gasteiger partial charge in [-0.3, -0.25) is 9.48 Å². The van der Waals surface area contributed by atoms with Crippen molar-refractivity contribution in [2.45, 2.75) is 19.9 Å². The van der Waals surface area contributed by atoms with Crippen LogP contribution in [0.5, 0.6) is 0 Å². The zero-order valence-electron chi connectivity index (χ0n) is 10.6. The fourth-order valence-electron chi connectivity index (χ4n) is 1.67. The lowest BCUT2D eigenvalue weighted by molar-refractivity contribution is -0.116. The maximum absolute atomic E-state index is 11.8. The summed E-state index contributed by atoms with van der Waals surface area (Å²) in [5, 5.41) is 7.41. The van der Waals surface area contributed by atoms with Gasteiger partial charge in [0.1, 0.15) is 0 Å². The van der Waals surface area contributed by atoms with Gasteiger partial charge in [-0.05, 0) is 30.7 Å². The maximum atomic E-state index is 11.8. The zero-order valence-corrected chi connectivity index (χ0v) is 11.3. The first-order chi connectivity index (χ1) is 9.04. The summed E-state index contributed by atoms with van der Waals surface area (Å²) in [6.45, 7) is 2.49. The van der Waals surface area contributed by atoms with Gasteiger partial charge in [-0.2, -0.15) is 5.10 Å². The number of rotatable bonds is 4. The molecule has 0 atom stereocenters. The van der Waals surface area contributed by atoms with E-state index in [4.69, 9.17) is 17.3 Å². The highest BCUT2D eigenvalue weighted by molar-refractivity contribution is 6.31. The lowest BCUT2D eigenvalue weighted by Gasteiger charge is -2.08. The first-order valence-corrected chi connectivity index (χ1v) is 6.26. The third-order valence-corrected chi connectivity index (χ3v) is 2.85. The molecule has 6 heteroatoms. The van der Waals surface area contributed by atoms with E-state index in [1.807, 2.05) is 13.1 Å². The van der Waals surface area contributed by atoms with E-state index < -0.39 is 0 Å². The van der Waals surface area contributed by atoms with Crippen LogP contribution in [0.3, 0.4) is 0 Å². The summed E-state index contributed by atoms with van der Waals surface area (Å²) in [5.74, 6) is -0.109. The largest absolute Gasteiger partial charge is 0.397 e. The molecule has 100 valence electrons. The van der Waals surface area contributed by atoms with Crippen LogP contribution in [0.25, 0.3) is 0 Å². The molecule has 1 aromatic carbocycles. The molecule has 0 saturated heterocycles. The van der Waals surface area contributed by atoms with Gasteiger partial charge in [0.2, 0.25) is 5.91 Å². The minimum atomic E-state index is -0.109. The molecule has 2 aromatic rings. The molecule has 0 aliphatic carbocycles. The predicted molar refractivity (Wildman–Crippen MR) is 76.1 cm³/mol. The highest BCUT2D eigenvalue weighted by Crippen LogP contribution is 2.22. The number of nitrogen functional groups attached to an aromatic ring is 1. The summed E-state index contributed by atoms with van der Waals surface area (Å²) in [6, 6.07) is 4.98. The summed E-state index contributed by atoms with van der Waals surface area (Å²) < 4.78 is 1.74. The van der Waals surface area contributed by atoms with E-state index in [2.05, 4.69) is 10.4 Å². The molecule has 0 radical (unpaired) electrons. The fourth-order valence-corrected chi connectivity index (χ4v) is 1.85. The van der Waals surface area contributed by atoms with E-state index in [1.165, 1.54) is 0 Å². The average molecular weight is 279 g/mol.